The molecule has 4 N–H and O–H groups in total. The number of nitrogens with two attached hydrogens (primary N) is 1. The molecule has 0 fully saturated rings. The zero-order valence-corrected chi connectivity index (χ0v) is 10.3. The van der Waals surface area contributed by atoms with Crippen LogP contribution in [-0.4, -0.2) is 31.6 Å². The summed E-state index contributed by atoms with van der Waals surface area (Å²) in [6, 6.07) is 7.06. The second-order valence-corrected chi connectivity index (χ2v) is 5.64. The number of rotatable bonds is 4. The molecule has 6 nitrogen and oxygen atoms in total. The van der Waals surface area contributed by atoms with Crippen LogP contribution in [0.5, 0.6) is 0 Å². The zero-order valence-electron chi connectivity index (χ0n) is 9.51. The molecule has 0 unspecified atom stereocenters. The third-order valence-corrected chi connectivity index (χ3v) is 3.26. The molecule has 1 heterocycles. The fraction of sp³-hybridized carbons (Fsp3) is 0.182. The molecule has 0 saturated heterocycles. The van der Waals surface area contributed by atoms with Crippen molar-refractivity contribution in [2.24, 2.45) is 5.14 Å². The molecule has 0 radical (unpaired) electrons. The van der Waals surface area contributed by atoms with Gasteiger partial charge in [0.1, 0.15) is 0 Å². The number of sulfonamides is 1. The Hall–Kier alpha value is -1.86. The lowest BCUT2D eigenvalue weighted by atomic mass is 10.1. The number of hydrogen-bond donors (Lipinski definition) is 3. The number of aromatic amines is 1. The Morgan fingerprint density at radius 1 is 1.33 bits per heavy atom. The quantitative estimate of drug-likeness (QED) is 0.736. The van der Waals surface area contributed by atoms with Gasteiger partial charge in [-0.2, -0.15) is 0 Å². The van der Waals surface area contributed by atoms with Gasteiger partial charge in [-0.1, -0.05) is 0 Å². The highest BCUT2D eigenvalue weighted by molar-refractivity contribution is 7.89. The largest absolute Gasteiger partial charge is 0.361 e. The van der Waals surface area contributed by atoms with E-state index < -0.39 is 10.0 Å². The summed E-state index contributed by atoms with van der Waals surface area (Å²) in [5.41, 5.74) is 1.42. The molecule has 0 bridgehead atoms. The van der Waals surface area contributed by atoms with Crippen LogP contribution in [0, 0.1) is 0 Å². The van der Waals surface area contributed by atoms with E-state index >= 15 is 0 Å². The zero-order chi connectivity index (χ0) is 13.2. The second kappa shape index (κ2) is 4.79. The number of carbonyl (C=O) groups is 1. The number of nitrogens with one attached hydrogen (secondary N) is 2. The maximum absolute atomic E-state index is 11.7. The van der Waals surface area contributed by atoms with Crippen molar-refractivity contribution in [1.29, 1.82) is 0 Å². The van der Waals surface area contributed by atoms with Crippen LogP contribution in [0.3, 0.4) is 0 Å². The molecule has 0 aliphatic carbocycles. The van der Waals surface area contributed by atoms with E-state index in [1.165, 1.54) is 0 Å². The van der Waals surface area contributed by atoms with Crippen LogP contribution in [0.2, 0.25) is 0 Å². The lowest BCUT2D eigenvalue weighted by Crippen LogP contribution is -2.31. The topological polar surface area (TPSA) is 105 Å². The molecule has 1 amide bonds. The van der Waals surface area contributed by atoms with E-state index in [0.717, 1.165) is 10.9 Å². The van der Waals surface area contributed by atoms with Crippen molar-refractivity contribution in [3.63, 3.8) is 0 Å². The number of fused-ring (bicyclic) bond motifs is 1. The average molecular weight is 267 g/mol. The SMILES string of the molecule is NS(=O)(=O)CCNC(=O)c1ccc2[nH]ccc2c1. The Labute approximate surface area is 104 Å². The standard InChI is InChI=1S/C11H13N3O3S/c12-18(16,17)6-5-14-11(15)9-1-2-10-8(7-9)3-4-13-10/h1-4,7,13H,5-6H2,(H,14,15)(H2,12,16,17). The molecule has 0 aliphatic heterocycles. The Bertz CT molecular complexity index is 676. The highest BCUT2D eigenvalue weighted by Crippen LogP contribution is 2.13. The molecule has 0 aliphatic rings. The van der Waals surface area contributed by atoms with Crippen molar-refractivity contribution in [2.45, 2.75) is 0 Å². The van der Waals surface area contributed by atoms with Crippen molar-refractivity contribution in [3.8, 4) is 0 Å². The van der Waals surface area contributed by atoms with E-state index in [1.807, 2.05) is 6.07 Å². The Morgan fingerprint density at radius 2 is 2.11 bits per heavy atom. The van der Waals surface area contributed by atoms with Crippen molar-refractivity contribution < 1.29 is 13.2 Å². The van der Waals surface area contributed by atoms with Gasteiger partial charge in [-0.15, -0.1) is 0 Å². The molecule has 2 rings (SSSR count). The monoisotopic (exact) mass is 267 g/mol. The first-order chi connectivity index (χ1) is 8.46. The predicted molar refractivity (Wildman–Crippen MR) is 68.6 cm³/mol. The first-order valence-electron chi connectivity index (χ1n) is 5.31. The van der Waals surface area contributed by atoms with Crippen LogP contribution in [-0.2, 0) is 10.0 Å². The predicted octanol–water partition coefficient (Wildman–Crippen LogP) is 0.186. The fourth-order valence-corrected chi connectivity index (χ4v) is 1.99. The number of benzene rings is 1. The van der Waals surface area contributed by atoms with Crippen molar-refractivity contribution >= 4 is 26.8 Å². The maximum atomic E-state index is 11.7. The molecule has 2 aromatic rings. The summed E-state index contributed by atoms with van der Waals surface area (Å²) in [6.45, 7) is 0.00282. The van der Waals surface area contributed by atoms with Gasteiger partial charge < -0.3 is 10.3 Å². The summed E-state index contributed by atoms with van der Waals surface area (Å²) in [7, 11) is -3.55. The minimum absolute atomic E-state index is 0.00282. The van der Waals surface area contributed by atoms with Gasteiger partial charge in [0, 0.05) is 29.2 Å². The third-order valence-electron chi connectivity index (χ3n) is 2.49. The number of primary sulfonamides is 1. The summed E-state index contributed by atoms with van der Waals surface area (Å²) < 4.78 is 21.4. The summed E-state index contributed by atoms with van der Waals surface area (Å²) in [5, 5.41) is 8.27. The normalized spacial score (nSPS) is 11.6. The van der Waals surface area contributed by atoms with E-state index in [4.69, 9.17) is 5.14 Å². The number of H-pyrrole nitrogens is 1. The Kier molecular flexibility index (Phi) is 3.35. The third kappa shape index (κ3) is 3.08. The molecule has 1 aromatic heterocycles. The molecule has 0 saturated carbocycles. The van der Waals surface area contributed by atoms with Gasteiger partial charge >= 0.3 is 0 Å². The van der Waals surface area contributed by atoms with Crippen LogP contribution in [0.4, 0.5) is 0 Å². The molecular formula is C11H13N3O3S. The summed E-state index contributed by atoms with van der Waals surface area (Å²) in [4.78, 5) is 14.8. The lowest BCUT2D eigenvalue weighted by Gasteiger charge is -2.04. The van der Waals surface area contributed by atoms with E-state index in [2.05, 4.69) is 10.3 Å². The molecular weight excluding hydrogens is 254 g/mol. The Morgan fingerprint density at radius 3 is 2.83 bits per heavy atom. The summed E-state index contributed by atoms with van der Waals surface area (Å²) in [5.74, 6) is -0.591. The van der Waals surface area contributed by atoms with Crippen LogP contribution in [0.25, 0.3) is 10.9 Å². The van der Waals surface area contributed by atoms with Gasteiger partial charge in [0.25, 0.3) is 5.91 Å². The average Bonchev–Trinajstić information content (AvgIpc) is 2.73. The van der Waals surface area contributed by atoms with Crippen molar-refractivity contribution in [2.75, 3.05) is 12.3 Å². The number of hydrogen-bond acceptors (Lipinski definition) is 3. The molecule has 1 aromatic carbocycles. The molecule has 0 spiro atoms. The van der Waals surface area contributed by atoms with Crippen LogP contribution >= 0.6 is 0 Å². The molecule has 18 heavy (non-hydrogen) atoms. The van der Waals surface area contributed by atoms with Gasteiger partial charge in [0.2, 0.25) is 10.0 Å². The highest BCUT2D eigenvalue weighted by atomic mass is 32.2. The number of amides is 1. The number of carbonyl (C=O) groups excluding carboxylic acids is 1. The molecule has 0 atom stereocenters. The van der Waals surface area contributed by atoms with Gasteiger partial charge in [-0.3, -0.25) is 4.79 Å². The lowest BCUT2D eigenvalue weighted by molar-refractivity contribution is 0.0956. The minimum Gasteiger partial charge on any atom is -0.361 e. The number of aromatic nitrogens is 1. The highest BCUT2D eigenvalue weighted by Gasteiger charge is 2.08. The summed E-state index contributed by atoms with van der Waals surface area (Å²) in [6.07, 6.45) is 1.79. The smallest absolute Gasteiger partial charge is 0.251 e. The van der Waals surface area contributed by atoms with Gasteiger partial charge in [0.15, 0.2) is 0 Å². The van der Waals surface area contributed by atoms with Crippen molar-refractivity contribution in [1.82, 2.24) is 10.3 Å². The van der Waals surface area contributed by atoms with Crippen LogP contribution in [0.1, 0.15) is 10.4 Å². The second-order valence-electron chi connectivity index (χ2n) is 3.90. The van der Waals surface area contributed by atoms with Crippen molar-refractivity contribution in [3.05, 3.63) is 36.0 Å². The molecule has 96 valence electrons. The molecule has 7 heteroatoms. The van der Waals surface area contributed by atoms with Gasteiger partial charge in [-0.05, 0) is 24.3 Å². The van der Waals surface area contributed by atoms with E-state index in [-0.39, 0.29) is 18.2 Å². The first-order valence-corrected chi connectivity index (χ1v) is 7.03. The van der Waals surface area contributed by atoms with Gasteiger partial charge in [-0.25, -0.2) is 13.6 Å². The Balaban J connectivity index is 2.04. The maximum Gasteiger partial charge on any atom is 0.251 e. The van der Waals surface area contributed by atoms with E-state index in [0.29, 0.717) is 5.56 Å². The van der Waals surface area contributed by atoms with E-state index in [9.17, 15) is 13.2 Å². The van der Waals surface area contributed by atoms with E-state index in [1.54, 1.807) is 24.4 Å². The minimum atomic E-state index is -3.55. The van der Waals surface area contributed by atoms with Crippen LogP contribution < -0.4 is 10.5 Å². The van der Waals surface area contributed by atoms with Crippen LogP contribution in [0.15, 0.2) is 30.5 Å². The fourth-order valence-electron chi connectivity index (χ4n) is 1.60. The summed E-state index contributed by atoms with van der Waals surface area (Å²) >= 11 is 0. The van der Waals surface area contributed by atoms with Gasteiger partial charge in [0.05, 0.1) is 5.75 Å². The first kappa shape index (κ1) is 12.6.